The van der Waals surface area contributed by atoms with Crippen LogP contribution < -0.4 is 0 Å². The molecule has 4 aliphatic heterocycles. The number of aliphatic hydroxyl groups is 14. The predicted octanol–water partition coefficient (Wildman–Crippen LogP) is -5.11. The summed E-state index contributed by atoms with van der Waals surface area (Å²) in [6, 6.07) is 0. The Labute approximate surface area is 386 Å². The Morgan fingerprint density at radius 3 is 1.57 bits per heavy atom. The molecule has 23 heteroatoms. The van der Waals surface area contributed by atoms with E-state index in [1.807, 2.05) is 6.92 Å². The minimum absolute atomic E-state index is 0.0251. The zero-order valence-electron chi connectivity index (χ0n) is 37.5. The van der Waals surface area contributed by atoms with E-state index in [2.05, 4.69) is 13.5 Å². The number of hydrogen-bond donors (Lipinski definition) is 14. The van der Waals surface area contributed by atoms with E-state index in [1.165, 1.54) is 0 Å². The van der Waals surface area contributed by atoms with E-state index in [1.54, 1.807) is 0 Å². The molecule has 8 aliphatic rings. The number of ether oxygens (including phenoxy) is 8. The third-order valence-corrected chi connectivity index (χ3v) is 17.1. The first-order chi connectivity index (χ1) is 31.6. The van der Waals surface area contributed by atoms with Crippen LogP contribution in [-0.4, -0.2) is 232 Å². The molecule has 4 heterocycles. The summed E-state index contributed by atoms with van der Waals surface area (Å²) < 4.78 is 48.2. The molecule has 0 amide bonds. The van der Waals surface area contributed by atoms with Crippen LogP contribution >= 0.6 is 0 Å². The van der Waals surface area contributed by atoms with Crippen molar-refractivity contribution < 1.29 is 114 Å². The quantitative estimate of drug-likeness (QED) is 0.0494. The van der Waals surface area contributed by atoms with Gasteiger partial charge in [0.2, 0.25) is 6.29 Å². The van der Waals surface area contributed by atoms with E-state index in [0.717, 1.165) is 6.42 Å². The highest BCUT2D eigenvalue weighted by molar-refractivity contribution is 5.77. The minimum Gasteiger partial charge on any atom is -0.432 e. The van der Waals surface area contributed by atoms with Crippen molar-refractivity contribution >= 4 is 5.97 Å². The van der Waals surface area contributed by atoms with Crippen LogP contribution in [-0.2, 0) is 42.7 Å². The lowest BCUT2D eigenvalue weighted by Gasteiger charge is -2.64. The van der Waals surface area contributed by atoms with Crippen molar-refractivity contribution in [2.75, 3.05) is 26.4 Å². The molecule has 0 aromatic rings. The fraction of sp³-hybridized carbons (Fsp3) is 0.932. The Balaban J connectivity index is 1.06. The molecule has 4 saturated heterocycles. The fourth-order valence-corrected chi connectivity index (χ4v) is 13.5. The van der Waals surface area contributed by atoms with Crippen molar-refractivity contribution in [3.63, 3.8) is 0 Å². The van der Waals surface area contributed by atoms with Gasteiger partial charge in [-0.15, -0.1) is 0 Å². The summed E-state index contributed by atoms with van der Waals surface area (Å²) >= 11 is 0. The van der Waals surface area contributed by atoms with Gasteiger partial charge in [0, 0.05) is 0 Å². The number of carbonyl (C=O) groups excluding carboxylic acids is 1. The molecule has 1 spiro atoms. The lowest BCUT2D eigenvalue weighted by atomic mass is 9.41. The van der Waals surface area contributed by atoms with E-state index in [4.69, 9.17) is 37.9 Å². The van der Waals surface area contributed by atoms with Gasteiger partial charge in [-0.1, -0.05) is 19.9 Å². The molecule has 67 heavy (non-hydrogen) atoms. The van der Waals surface area contributed by atoms with E-state index < -0.39 is 177 Å². The Morgan fingerprint density at radius 1 is 0.567 bits per heavy atom. The highest BCUT2D eigenvalue weighted by atomic mass is 16.8. The van der Waals surface area contributed by atoms with Crippen molar-refractivity contribution in [1.29, 1.82) is 0 Å². The van der Waals surface area contributed by atoms with Crippen LogP contribution in [0.15, 0.2) is 12.2 Å². The molecule has 0 aromatic heterocycles. The average Bonchev–Trinajstić information content (AvgIpc) is 3.50. The van der Waals surface area contributed by atoms with Crippen LogP contribution in [0.2, 0.25) is 0 Å². The first-order valence-corrected chi connectivity index (χ1v) is 23.4. The summed E-state index contributed by atoms with van der Waals surface area (Å²) in [7, 11) is 0. The monoisotopic (exact) mass is 966 g/mol. The highest BCUT2D eigenvalue weighted by Gasteiger charge is 2.70. The largest absolute Gasteiger partial charge is 0.432 e. The summed E-state index contributed by atoms with van der Waals surface area (Å²) in [5, 5.41) is 148. The van der Waals surface area contributed by atoms with Crippen LogP contribution in [0.3, 0.4) is 0 Å². The molecular formula is C44H70O23. The van der Waals surface area contributed by atoms with E-state index in [-0.39, 0.29) is 11.8 Å². The van der Waals surface area contributed by atoms with Crippen molar-refractivity contribution in [3.05, 3.63) is 12.2 Å². The van der Waals surface area contributed by atoms with Crippen LogP contribution in [0.1, 0.15) is 71.6 Å². The molecular weight excluding hydrogens is 896 g/mol. The summed E-state index contributed by atoms with van der Waals surface area (Å²) in [4.78, 5) is 14.3. The van der Waals surface area contributed by atoms with Crippen molar-refractivity contribution in [1.82, 2.24) is 0 Å². The topological polar surface area (TPSA) is 374 Å². The lowest BCUT2D eigenvalue weighted by molar-refractivity contribution is -0.400. The second-order valence-electron chi connectivity index (χ2n) is 20.8. The summed E-state index contributed by atoms with van der Waals surface area (Å²) in [5.41, 5.74) is -2.33. The number of fused-ring (bicyclic) bond motifs is 3. The molecule has 0 radical (unpaired) electrons. The number of esters is 1. The first kappa shape index (κ1) is 51.7. The van der Waals surface area contributed by atoms with Gasteiger partial charge in [-0.25, -0.2) is 0 Å². The number of aliphatic hydroxyl groups excluding tert-OH is 14. The maximum atomic E-state index is 14.3. The lowest BCUT2D eigenvalue weighted by Crippen LogP contribution is -2.68. The summed E-state index contributed by atoms with van der Waals surface area (Å²) in [6.45, 7) is 5.41. The molecule has 4 aliphatic carbocycles. The van der Waals surface area contributed by atoms with Crippen LogP contribution in [0, 0.1) is 28.1 Å². The van der Waals surface area contributed by atoms with Gasteiger partial charge in [0.1, 0.15) is 97.7 Å². The number of hydrogen-bond acceptors (Lipinski definition) is 23. The highest BCUT2D eigenvalue weighted by Crippen LogP contribution is 2.74. The number of carbonyl (C=O) groups is 1. The van der Waals surface area contributed by atoms with Gasteiger partial charge in [-0.05, 0) is 86.5 Å². The van der Waals surface area contributed by atoms with Gasteiger partial charge in [0.25, 0.3) is 0 Å². The maximum Gasteiger partial charge on any atom is 0.314 e. The average molecular weight is 967 g/mol. The molecule has 8 fully saturated rings. The summed E-state index contributed by atoms with van der Waals surface area (Å²) in [6.07, 6.45) is -29.1. The second-order valence-corrected chi connectivity index (χ2v) is 20.8. The molecule has 2 bridgehead atoms. The second kappa shape index (κ2) is 19.4. The van der Waals surface area contributed by atoms with Gasteiger partial charge in [0.05, 0.1) is 37.4 Å². The normalized spacial score (nSPS) is 54.5. The molecule has 0 aromatic carbocycles. The third kappa shape index (κ3) is 8.63. The van der Waals surface area contributed by atoms with Gasteiger partial charge >= 0.3 is 5.97 Å². The molecule has 23 nitrogen and oxygen atoms in total. The van der Waals surface area contributed by atoms with E-state index in [9.17, 15) is 76.3 Å². The first-order valence-electron chi connectivity index (χ1n) is 23.4. The molecule has 14 N–H and O–H groups in total. The van der Waals surface area contributed by atoms with Gasteiger partial charge in [-0.3, -0.25) is 4.79 Å². The van der Waals surface area contributed by atoms with E-state index >= 15 is 0 Å². The Morgan fingerprint density at radius 2 is 1.03 bits per heavy atom. The minimum atomic E-state index is -1.95. The van der Waals surface area contributed by atoms with Gasteiger partial charge in [-0.2, -0.15) is 0 Å². The Hall–Kier alpha value is -1.63. The zero-order valence-corrected chi connectivity index (χ0v) is 37.5. The smallest absolute Gasteiger partial charge is 0.314 e. The SMILES string of the molecule is C=C1C[C@@]23CC[C@H]4[C@@](C)(CCC[C@@]4(C)C(=O)O[C@@H]4O[C@H](CO)[C@@H](O)[C@H](O)[C@H]4O)[C@H]2CC[C@]1(O[C@H]1O[C@@H](CO)[C@H](O)[C@@H](O[C@H]2O[C@@H](CO)[C@H](O)[C@@H](O)[C@@H]2O)[C@@H]1O[C@H]1O[C@@H](CO)[C@H](O)[C@@H](O)[C@@H]1O)C3. The van der Waals surface area contributed by atoms with Gasteiger partial charge in [0.15, 0.2) is 18.9 Å². The standard InChI is InChI=1S/C44H70O23/c1-17-11-43-9-5-22-41(2,7-4-8-42(22,3)40(59)66-38-33(58)30(55)26(51)20(14-47)62-38)23(43)6-10-44(17,16-43)67-39-35(65-37-32(57)29(54)25(50)19(13-46)61-37)34(27(52)21(15-48)63-39)64-36-31(56)28(53)24(49)18(12-45)60-36/h18-39,45-58H,1,4-16H2,2-3H3/t18-,19-,20+,21-,22-,23+,24-,25-,26+,27-,28+,29+,30-,31-,32-,33+,34+,35-,36+,37+,38-,39+,41+,42+,43+,44-/m0/s1. The van der Waals surface area contributed by atoms with Crippen molar-refractivity contribution in [3.8, 4) is 0 Å². The third-order valence-electron chi connectivity index (χ3n) is 17.1. The van der Waals surface area contributed by atoms with Crippen LogP contribution in [0.25, 0.3) is 0 Å². The molecule has 26 atom stereocenters. The molecule has 384 valence electrons. The zero-order chi connectivity index (χ0) is 48.7. The summed E-state index contributed by atoms with van der Waals surface area (Å²) in [5.74, 6) is -0.805. The fourth-order valence-electron chi connectivity index (χ4n) is 13.5. The maximum absolute atomic E-state index is 14.3. The Bertz CT molecular complexity index is 1760. The number of rotatable bonds is 12. The van der Waals surface area contributed by atoms with Gasteiger partial charge < -0.3 is 109 Å². The molecule has 8 rings (SSSR count). The van der Waals surface area contributed by atoms with Crippen molar-refractivity contribution in [2.24, 2.45) is 28.1 Å². The predicted molar refractivity (Wildman–Crippen MR) is 219 cm³/mol. The van der Waals surface area contributed by atoms with E-state index in [0.29, 0.717) is 56.9 Å². The Kier molecular flexibility index (Phi) is 15.0. The van der Waals surface area contributed by atoms with Crippen molar-refractivity contribution in [2.45, 2.75) is 200 Å². The molecule has 0 unspecified atom stereocenters. The van der Waals surface area contributed by atoms with Crippen LogP contribution in [0.4, 0.5) is 0 Å². The molecule has 4 saturated carbocycles. The van der Waals surface area contributed by atoms with Crippen LogP contribution in [0.5, 0.6) is 0 Å².